The number of fused-ring (bicyclic) bond motifs is 2. The second-order valence-electron chi connectivity index (χ2n) is 8.64. The largest absolute Gasteiger partial charge is 0.357 e. The van der Waals surface area contributed by atoms with Crippen LogP contribution in [-0.2, 0) is 13.0 Å². The SMILES string of the molecule is Cc1cccc(-c2cc(CNCCc3ccnc4ccccc34)[nH]c2-c2ccc3ncnn3c2)n1. The number of rotatable bonds is 7. The Bertz CT molecular complexity index is 1620. The van der Waals surface area contributed by atoms with Gasteiger partial charge in [-0.05, 0) is 67.9 Å². The third-order valence-electron chi connectivity index (χ3n) is 6.23. The Balaban J connectivity index is 1.25. The van der Waals surface area contributed by atoms with Crippen molar-refractivity contribution in [3.63, 3.8) is 0 Å². The minimum absolute atomic E-state index is 0.730. The number of H-pyrrole nitrogens is 1. The van der Waals surface area contributed by atoms with Crippen LogP contribution >= 0.6 is 0 Å². The van der Waals surface area contributed by atoms with Gasteiger partial charge in [-0.1, -0.05) is 24.3 Å². The number of nitrogens with one attached hydrogen (secondary N) is 2. The maximum Gasteiger partial charge on any atom is 0.155 e. The summed E-state index contributed by atoms with van der Waals surface area (Å²) in [5.74, 6) is 0. The fraction of sp³-hybridized carbons (Fsp3) is 0.143. The van der Waals surface area contributed by atoms with Crippen molar-refractivity contribution in [2.45, 2.75) is 19.9 Å². The topological polar surface area (TPSA) is 83.8 Å². The Morgan fingerprint density at radius 1 is 0.971 bits per heavy atom. The standard InChI is InChI=1S/C28H25N7/c1-19-5-4-8-26(33-19)24-15-22(34-28(24)21-9-10-27-31-18-32-35(27)17-21)16-29-13-11-20-12-14-30-25-7-3-2-6-23(20)25/h2-10,12,14-15,17-18,29,34H,11,13,16H2,1H3. The molecule has 0 spiro atoms. The number of nitrogens with zero attached hydrogens (tertiary/aromatic N) is 5. The van der Waals surface area contributed by atoms with E-state index in [9.17, 15) is 0 Å². The second kappa shape index (κ2) is 9.12. The number of aryl methyl sites for hydroxylation is 1. The first-order valence-corrected chi connectivity index (χ1v) is 11.7. The van der Waals surface area contributed by atoms with Gasteiger partial charge in [0.25, 0.3) is 0 Å². The monoisotopic (exact) mass is 459 g/mol. The van der Waals surface area contributed by atoms with Crippen molar-refractivity contribution in [1.29, 1.82) is 0 Å². The van der Waals surface area contributed by atoms with Crippen LogP contribution in [0.5, 0.6) is 0 Å². The molecule has 0 saturated heterocycles. The molecule has 6 rings (SSSR count). The van der Waals surface area contributed by atoms with Gasteiger partial charge in [0.1, 0.15) is 6.33 Å². The van der Waals surface area contributed by atoms with Gasteiger partial charge in [0.2, 0.25) is 0 Å². The highest BCUT2D eigenvalue weighted by molar-refractivity contribution is 5.82. The quantitative estimate of drug-likeness (QED) is 0.329. The summed E-state index contributed by atoms with van der Waals surface area (Å²) >= 11 is 0. The van der Waals surface area contributed by atoms with Crippen molar-refractivity contribution < 1.29 is 0 Å². The van der Waals surface area contributed by atoms with E-state index in [1.807, 2.05) is 43.6 Å². The minimum atomic E-state index is 0.730. The molecule has 35 heavy (non-hydrogen) atoms. The van der Waals surface area contributed by atoms with E-state index < -0.39 is 0 Å². The van der Waals surface area contributed by atoms with E-state index in [0.29, 0.717) is 0 Å². The first kappa shape index (κ1) is 21.2. The molecule has 0 aliphatic carbocycles. The molecule has 5 heterocycles. The van der Waals surface area contributed by atoms with E-state index >= 15 is 0 Å². The van der Waals surface area contributed by atoms with Crippen LogP contribution in [0.1, 0.15) is 17.0 Å². The Kier molecular flexibility index (Phi) is 5.52. The summed E-state index contributed by atoms with van der Waals surface area (Å²) in [6, 6.07) is 22.8. The Morgan fingerprint density at radius 2 is 1.91 bits per heavy atom. The van der Waals surface area contributed by atoms with Crippen LogP contribution in [0.25, 0.3) is 39.1 Å². The molecule has 0 unspecified atom stereocenters. The van der Waals surface area contributed by atoms with Crippen LogP contribution in [0.4, 0.5) is 0 Å². The molecular weight excluding hydrogens is 434 g/mol. The highest BCUT2D eigenvalue weighted by Crippen LogP contribution is 2.32. The van der Waals surface area contributed by atoms with Crippen molar-refractivity contribution >= 4 is 16.6 Å². The van der Waals surface area contributed by atoms with Crippen LogP contribution in [0.2, 0.25) is 0 Å². The summed E-state index contributed by atoms with van der Waals surface area (Å²) in [4.78, 5) is 17.1. The van der Waals surface area contributed by atoms with Crippen molar-refractivity contribution in [2.75, 3.05) is 6.54 Å². The fourth-order valence-corrected chi connectivity index (χ4v) is 4.51. The Morgan fingerprint density at radius 3 is 2.86 bits per heavy atom. The molecule has 0 saturated carbocycles. The van der Waals surface area contributed by atoms with E-state index in [-0.39, 0.29) is 0 Å². The van der Waals surface area contributed by atoms with Crippen molar-refractivity contribution in [2.24, 2.45) is 0 Å². The number of aromatic amines is 1. The molecule has 7 nitrogen and oxygen atoms in total. The lowest BCUT2D eigenvalue weighted by atomic mass is 10.1. The molecule has 7 heteroatoms. The van der Waals surface area contributed by atoms with Gasteiger partial charge in [-0.15, -0.1) is 0 Å². The van der Waals surface area contributed by atoms with Gasteiger partial charge in [-0.25, -0.2) is 9.50 Å². The summed E-state index contributed by atoms with van der Waals surface area (Å²) in [5.41, 5.74) is 9.35. The molecule has 0 aliphatic heterocycles. The number of benzene rings is 1. The van der Waals surface area contributed by atoms with Crippen molar-refractivity contribution in [1.82, 2.24) is 34.9 Å². The molecule has 0 fully saturated rings. The lowest BCUT2D eigenvalue weighted by molar-refractivity contribution is 0.679. The average Bonchev–Trinajstić information content (AvgIpc) is 3.53. The van der Waals surface area contributed by atoms with Crippen LogP contribution in [-0.4, -0.2) is 36.1 Å². The average molecular weight is 460 g/mol. The van der Waals surface area contributed by atoms with Gasteiger partial charge in [-0.3, -0.25) is 9.97 Å². The Hall–Kier alpha value is -4.36. The number of hydrogen-bond acceptors (Lipinski definition) is 5. The number of pyridine rings is 3. The molecule has 1 aromatic carbocycles. The minimum Gasteiger partial charge on any atom is -0.357 e. The number of hydrogen-bond donors (Lipinski definition) is 2. The van der Waals surface area contributed by atoms with E-state index in [2.05, 4.69) is 67.8 Å². The summed E-state index contributed by atoms with van der Waals surface area (Å²) in [6.45, 7) is 3.61. The third-order valence-corrected chi connectivity index (χ3v) is 6.23. The summed E-state index contributed by atoms with van der Waals surface area (Å²) in [5, 5.41) is 9.11. The third kappa shape index (κ3) is 4.29. The highest BCUT2D eigenvalue weighted by Gasteiger charge is 2.14. The van der Waals surface area contributed by atoms with E-state index in [0.717, 1.165) is 64.6 Å². The van der Waals surface area contributed by atoms with E-state index in [1.165, 1.54) is 10.9 Å². The maximum atomic E-state index is 4.78. The molecule has 0 aliphatic rings. The Labute approximate surface area is 202 Å². The van der Waals surface area contributed by atoms with Crippen LogP contribution in [0, 0.1) is 6.92 Å². The lowest BCUT2D eigenvalue weighted by Crippen LogP contribution is -2.17. The van der Waals surface area contributed by atoms with E-state index in [4.69, 9.17) is 4.98 Å². The van der Waals surface area contributed by atoms with Gasteiger partial charge < -0.3 is 10.3 Å². The predicted octanol–water partition coefficient (Wildman–Crippen LogP) is 4.98. The zero-order chi connectivity index (χ0) is 23.6. The molecule has 0 bridgehead atoms. The molecule has 0 amide bonds. The summed E-state index contributed by atoms with van der Waals surface area (Å²) in [6.07, 6.45) is 6.39. The first-order valence-electron chi connectivity index (χ1n) is 11.7. The summed E-state index contributed by atoms with van der Waals surface area (Å²) in [7, 11) is 0. The molecule has 5 aromatic heterocycles. The first-order chi connectivity index (χ1) is 17.2. The molecule has 6 aromatic rings. The normalized spacial score (nSPS) is 11.5. The van der Waals surface area contributed by atoms with Gasteiger partial charge in [0.05, 0.1) is 16.9 Å². The fourth-order valence-electron chi connectivity index (χ4n) is 4.51. The molecular formula is C28H25N7. The predicted molar refractivity (Wildman–Crippen MR) is 138 cm³/mol. The van der Waals surface area contributed by atoms with Gasteiger partial charge in [0, 0.05) is 46.8 Å². The van der Waals surface area contributed by atoms with Crippen LogP contribution in [0.3, 0.4) is 0 Å². The van der Waals surface area contributed by atoms with Crippen LogP contribution in [0.15, 0.2) is 85.5 Å². The van der Waals surface area contributed by atoms with Gasteiger partial charge in [0.15, 0.2) is 5.65 Å². The smallest absolute Gasteiger partial charge is 0.155 e. The second-order valence-corrected chi connectivity index (χ2v) is 8.64. The van der Waals surface area contributed by atoms with Crippen molar-refractivity contribution in [3.05, 3.63) is 102 Å². The lowest BCUT2D eigenvalue weighted by Gasteiger charge is -2.07. The highest BCUT2D eigenvalue weighted by atomic mass is 15.3. The molecule has 0 atom stereocenters. The van der Waals surface area contributed by atoms with Gasteiger partial charge in [-0.2, -0.15) is 5.10 Å². The van der Waals surface area contributed by atoms with Crippen LogP contribution < -0.4 is 5.32 Å². The van der Waals surface area contributed by atoms with Gasteiger partial charge >= 0.3 is 0 Å². The van der Waals surface area contributed by atoms with Crippen molar-refractivity contribution in [3.8, 4) is 22.5 Å². The number of para-hydroxylation sites is 1. The molecule has 172 valence electrons. The zero-order valence-electron chi connectivity index (χ0n) is 19.4. The molecule has 0 radical (unpaired) electrons. The maximum absolute atomic E-state index is 4.78. The van der Waals surface area contributed by atoms with E-state index in [1.54, 1.807) is 10.8 Å². The zero-order valence-corrected chi connectivity index (χ0v) is 19.4. The number of aromatic nitrogens is 6. The summed E-state index contributed by atoms with van der Waals surface area (Å²) < 4.78 is 1.79. The molecule has 2 N–H and O–H groups in total.